The normalized spacial score (nSPS) is 12.6. The third kappa shape index (κ3) is 4.62. The number of nitrogens with zero attached hydrogens (tertiary/aromatic N) is 2. The van der Waals surface area contributed by atoms with Gasteiger partial charge in [-0.3, -0.25) is 4.68 Å². The molecule has 140 valence electrons. The van der Waals surface area contributed by atoms with Crippen molar-refractivity contribution in [1.29, 1.82) is 0 Å². The summed E-state index contributed by atoms with van der Waals surface area (Å²) in [7, 11) is 1.75. The molecule has 0 fully saturated rings. The molecule has 0 saturated heterocycles. The van der Waals surface area contributed by atoms with Crippen molar-refractivity contribution in [1.82, 2.24) is 15.1 Å². The van der Waals surface area contributed by atoms with Crippen LogP contribution < -0.4 is 11.1 Å². The summed E-state index contributed by atoms with van der Waals surface area (Å²) in [4.78, 5) is 11.0. The molecule has 0 aliphatic carbocycles. The lowest BCUT2D eigenvalue weighted by molar-refractivity contribution is 0.179. The highest BCUT2D eigenvalue weighted by molar-refractivity contribution is 5.73. The number of benzene rings is 1. The molecule has 1 aromatic heterocycles. The SMILES string of the molecule is C=CC[C@@H](CC(C)(C)NC(=O)O)c1cc(F)cc(-c2c(N)cnn2C)c1. The minimum Gasteiger partial charge on any atom is -0.465 e. The van der Waals surface area contributed by atoms with Gasteiger partial charge in [0, 0.05) is 18.2 Å². The Hall–Kier alpha value is -2.83. The summed E-state index contributed by atoms with van der Waals surface area (Å²) in [6.45, 7) is 7.38. The number of amides is 1. The molecule has 6 nitrogen and oxygen atoms in total. The fourth-order valence-corrected chi connectivity index (χ4v) is 3.29. The van der Waals surface area contributed by atoms with Crippen molar-refractivity contribution >= 4 is 11.8 Å². The first kappa shape index (κ1) is 19.5. The van der Waals surface area contributed by atoms with E-state index in [0.717, 1.165) is 5.56 Å². The van der Waals surface area contributed by atoms with Gasteiger partial charge in [-0.25, -0.2) is 9.18 Å². The molecule has 0 spiro atoms. The van der Waals surface area contributed by atoms with Crippen LogP contribution in [-0.2, 0) is 7.05 Å². The zero-order valence-electron chi connectivity index (χ0n) is 15.3. The van der Waals surface area contributed by atoms with Crippen LogP contribution in [0.1, 0.15) is 38.2 Å². The lowest BCUT2D eigenvalue weighted by Crippen LogP contribution is -2.43. The molecular weight excluding hydrogens is 335 g/mol. The number of rotatable bonds is 7. The second-order valence-electron chi connectivity index (χ2n) is 7.08. The molecule has 1 atom stereocenters. The molecule has 2 aromatic rings. The first-order valence-corrected chi connectivity index (χ1v) is 8.33. The first-order valence-electron chi connectivity index (χ1n) is 8.33. The van der Waals surface area contributed by atoms with Gasteiger partial charge in [-0.1, -0.05) is 6.08 Å². The zero-order valence-corrected chi connectivity index (χ0v) is 15.3. The van der Waals surface area contributed by atoms with Crippen molar-refractivity contribution in [2.24, 2.45) is 7.05 Å². The highest BCUT2D eigenvalue weighted by Gasteiger charge is 2.26. The van der Waals surface area contributed by atoms with Gasteiger partial charge in [-0.2, -0.15) is 5.10 Å². The van der Waals surface area contributed by atoms with Gasteiger partial charge in [-0.05, 0) is 56.4 Å². The number of allylic oxidation sites excluding steroid dienone is 1. The summed E-state index contributed by atoms with van der Waals surface area (Å²) >= 11 is 0. The maximum absolute atomic E-state index is 14.3. The molecule has 1 heterocycles. The third-order valence-electron chi connectivity index (χ3n) is 4.29. The number of anilines is 1. The number of hydrogen-bond acceptors (Lipinski definition) is 3. The topological polar surface area (TPSA) is 93.2 Å². The zero-order chi connectivity index (χ0) is 19.5. The number of carboxylic acid groups (broad SMARTS) is 1. The Labute approximate surface area is 152 Å². The van der Waals surface area contributed by atoms with Gasteiger partial charge in [-0.15, -0.1) is 6.58 Å². The van der Waals surface area contributed by atoms with Crippen molar-refractivity contribution in [3.63, 3.8) is 0 Å². The van der Waals surface area contributed by atoms with E-state index >= 15 is 0 Å². The van der Waals surface area contributed by atoms with Crippen molar-refractivity contribution in [3.8, 4) is 11.3 Å². The lowest BCUT2D eigenvalue weighted by Gasteiger charge is -2.30. The van der Waals surface area contributed by atoms with Crippen LogP contribution in [0.2, 0.25) is 0 Å². The maximum Gasteiger partial charge on any atom is 0.405 e. The van der Waals surface area contributed by atoms with Gasteiger partial charge in [0.15, 0.2) is 0 Å². The summed E-state index contributed by atoms with van der Waals surface area (Å²) in [5, 5.41) is 15.6. The van der Waals surface area contributed by atoms with E-state index in [0.29, 0.717) is 29.8 Å². The van der Waals surface area contributed by atoms with Crippen molar-refractivity contribution in [3.05, 3.63) is 48.4 Å². The first-order chi connectivity index (χ1) is 12.1. The van der Waals surface area contributed by atoms with Gasteiger partial charge >= 0.3 is 6.09 Å². The minimum atomic E-state index is -1.09. The summed E-state index contributed by atoms with van der Waals surface area (Å²) in [5.41, 5.74) is 7.81. The van der Waals surface area contributed by atoms with E-state index in [9.17, 15) is 9.18 Å². The Morgan fingerprint density at radius 3 is 2.73 bits per heavy atom. The van der Waals surface area contributed by atoms with Gasteiger partial charge in [0.25, 0.3) is 0 Å². The Kier molecular flexibility index (Phi) is 5.69. The number of halogens is 1. The summed E-state index contributed by atoms with van der Waals surface area (Å²) in [5.74, 6) is -0.477. The van der Waals surface area contributed by atoms with E-state index in [1.54, 1.807) is 31.7 Å². The summed E-state index contributed by atoms with van der Waals surface area (Å²) < 4.78 is 15.9. The second-order valence-corrected chi connectivity index (χ2v) is 7.08. The van der Waals surface area contributed by atoms with Crippen molar-refractivity contribution in [2.45, 2.75) is 38.1 Å². The molecule has 1 amide bonds. The summed E-state index contributed by atoms with van der Waals surface area (Å²) in [6, 6.07) is 4.77. The van der Waals surface area contributed by atoms with E-state index in [-0.39, 0.29) is 11.7 Å². The molecule has 0 aliphatic heterocycles. The average Bonchev–Trinajstić information content (AvgIpc) is 2.83. The van der Waals surface area contributed by atoms with E-state index in [4.69, 9.17) is 10.8 Å². The van der Waals surface area contributed by atoms with Crippen LogP contribution in [0, 0.1) is 5.82 Å². The van der Waals surface area contributed by atoms with Crippen molar-refractivity contribution in [2.75, 3.05) is 5.73 Å². The van der Waals surface area contributed by atoms with E-state index in [1.165, 1.54) is 18.3 Å². The molecule has 0 aliphatic rings. The van der Waals surface area contributed by atoms with Crippen LogP contribution in [0.15, 0.2) is 37.1 Å². The number of aromatic nitrogens is 2. The largest absolute Gasteiger partial charge is 0.465 e. The maximum atomic E-state index is 14.3. The number of nitrogen functional groups attached to an aromatic ring is 1. The smallest absolute Gasteiger partial charge is 0.405 e. The predicted molar refractivity (Wildman–Crippen MR) is 100 cm³/mol. The second kappa shape index (κ2) is 7.59. The Bertz CT molecular complexity index is 794. The van der Waals surface area contributed by atoms with Crippen LogP contribution in [0.25, 0.3) is 11.3 Å². The lowest BCUT2D eigenvalue weighted by atomic mass is 9.83. The summed E-state index contributed by atoms with van der Waals surface area (Å²) in [6.07, 6.45) is 3.28. The molecule has 4 N–H and O–H groups in total. The van der Waals surface area contributed by atoms with Crippen LogP contribution in [0.3, 0.4) is 0 Å². The molecule has 0 unspecified atom stereocenters. The van der Waals surface area contributed by atoms with Crippen LogP contribution in [-0.4, -0.2) is 26.5 Å². The van der Waals surface area contributed by atoms with Gasteiger partial charge in [0.2, 0.25) is 0 Å². The Morgan fingerprint density at radius 2 is 2.19 bits per heavy atom. The molecule has 1 aromatic carbocycles. The molecule has 0 radical (unpaired) electrons. The van der Waals surface area contributed by atoms with E-state index < -0.39 is 11.6 Å². The van der Waals surface area contributed by atoms with Gasteiger partial charge in [0.1, 0.15) is 5.82 Å². The van der Waals surface area contributed by atoms with Crippen LogP contribution in [0.5, 0.6) is 0 Å². The minimum absolute atomic E-state index is 0.0988. The quantitative estimate of drug-likeness (QED) is 0.653. The molecular formula is C19H25FN4O2. The van der Waals surface area contributed by atoms with Crippen molar-refractivity contribution < 1.29 is 14.3 Å². The standard InChI is InChI=1S/C19H25FN4O2/c1-5-6-12(10-19(2,3)23-18(25)26)13-7-14(9-15(20)8-13)17-16(21)11-22-24(17)4/h5,7-9,11-12,23H,1,6,10,21H2,2-4H3,(H,25,26)/t12-/m0/s1. The Morgan fingerprint density at radius 1 is 1.50 bits per heavy atom. The highest BCUT2D eigenvalue weighted by Crippen LogP contribution is 2.34. The molecule has 26 heavy (non-hydrogen) atoms. The van der Waals surface area contributed by atoms with Gasteiger partial charge < -0.3 is 16.2 Å². The number of nitrogens with two attached hydrogens (primary N) is 1. The number of hydrogen-bond donors (Lipinski definition) is 3. The van der Waals surface area contributed by atoms with E-state index in [2.05, 4.69) is 17.0 Å². The molecule has 7 heteroatoms. The predicted octanol–water partition coefficient (Wildman–Crippen LogP) is 3.90. The van der Waals surface area contributed by atoms with Gasteiger partial charge in [0.05, 0.1) is 17.6 Å². The highest BCUT2D eigenvalue weighted by atomic mass is 19.1. The molecule has 2 rings (SSSR count). The average molecular weight is 360 g/mol. The van der Waals surface area contributed by atoms with Crippen LogP contribution >= 0.6 is 0 Å². The fourth-order valence-electron chi connectivity index (χ4n) is 3.29. The molecule has 0 bridgehead atoms. The number of aryl methyl sites for hydroxylation is 1. The number of nitrogens with one attached hydrogen (secondary N) is 1. The van der Waals surface area contributed by atoms with E-state index in [1.807, 2.05) is 6.07 Å². The monoisotopic (exact) mass is 360 g/mol. The fraction of sp³-hybridized carbons (Fsp3) is 0.368. The number of carbonyl (C=O) groups is 1. The molecule has 0 saturated carbocycles. The Balaban J connectivity index is 2.43. The van der Waals surface area contributed by atoms with Crippen LogP contribution in [0.4, 0.5) is 14.9 Å². The third-order valence-corrected chi connectivity index (χ3v) is 4.29.